The van der Waals surface area contributed by atoms with Crippen molar-refractivity contribution in [2.75, 3.05) is 5.32 Å². The summed E-state index contributed by atoms with van der Waals surface area (Å²) in [6, 6.07) is 14.9. The molecular weight excluding hydrogens is 264 g/mol. The van der Waals surface area contributed by atoms with Crippen LogP contribution in [0.5, 0.6) is 0 Å². The minimum absolute atomic E-state index is 0.110. The second-order valence-electron chi connectivity index (χ2n) is 4.66. The van der Waals surface area contributed by atoms with Crippen LogP contribution in [-0.4, -0.2) is 20.7 Å². The van der Waals surface area contributed by atoms with E-state index >= 15 is 0 Å². The zero-order chi connectivity index (χ0) is 14.7. The molecule has 3 rings (SSSR count). The second-order valence-corrected chi connectivity index (χ2v) is 4.66. The van der Waals surface area contributed by atoms with Crippen molar-refractivity contribution in [1.29, 1.82) is 0 Å². The molecule has 21 heavy (non-hydrogen) atoms. The summed E-state index contributed by atoms with van der Waals surface area (Å²) >= 11 is 0. The van der Waals surface area contributed by atoms with Gasteiger partial charge in [0, 0.05) is 11.3 Å². The van der Waals surface area contributed by atoms with Gasteiger partial charge in [-0.3, -0.25) is 4.79 Å². The average Bonchev–Trinajstić information content (AvgIpc) is 3.02. The highest BCUT2D eigenvalue weighted by molar-refractivity contribution is 6.05. The minimum Gasteiger partial charge on any atom is -0.322 e. The molecule has 5 heteroatoms. The molecule has 5 nitrogen and oxygen atoms in total. The predicted molar refractivity (Wildman–Crippen MR) is 80.5 cm³/mol. The van der Waals surface area contributed by atoms with E-state index in [0.717, 1.165) is 16.9 Å². The third-order valence-corrected chi connectivity index (χ3v) is 3.20. The van der Waals surface area contributed by atoms with Gasteiger partial charge in [-0.2, -0.15) is 5.10 Å². The molecule has 104 valence electrons. The smallest absolute Gasteiger partial charge is 0.255 e. The molecule has 0 aliphatic rings. The van der Waals surface area contributed by atoms with E-state index in [9.17, 15) is 4.79 Å². The number of hydrogen-bond donors (Lipinski definition) is 1. The number of aryl methyl sites for hydroxylation is 1. The number of anilines is 1. The lowest BCUT2D eigenvalue weighted by Gasteiger charge is -2.08. The third kappa shape index (κ3) is 2.81. The summed E-state index contributed by atoms with van der Waals surface area (Å²) in [5.41, 5.74) is 3.26. The number of hydrogen-bond acceptors (Lipinski definition) is 3. The maximum Gasteiger partial charge on any atom is 0.255 e. The fourth-order valence-corrected chi connectivity index (χ4v) is 2.07. The van der Waals surface area contributed by atoms with E-state index in [1.807, 2.05) is 55.5 Å². The van der Waals surface area contributed by atoms with Gasteiger partial charge in [-0.1, -0.05) is 18.2 Å². The van der Waals surface area contributed by atoms with Crippen molar-refractivity contribution in [3.05, 3.63) is 72.3 Å². The molecule has 0 aliphatic heterocycles. The highest BCUT2D eigenvalue weighted by atomic mass is 16.1. The summed E-state index contributed by atoms with van der Waals surface area (Å²) in [5, 5.41) is 6.94. The molecule has 1 aromatic heterocycles. The van der Waals surface area contributed by atoms with Crippen LogP contribution in [0.25, 0.3) is 5.69 Å². The van der Waals surface area contributed by atoms with Crippen LogP contribution in [0.4, 0.5) is 5.69 Å². The molecule has 2 aromatic carbocycles. The standard InChI is InChI=1S/C16H14N4O/c1-12-4-2-3-5-15(12)16(21)19-13-6-8-14(9-7-13)20-11-17-10-18-20/h2-11H,1H3,(H,19,21). The molecule has 1 N–H and O–H groups in total. The van der Waals surface area contributed by atoms with Crippen LogP contribution in [0.3, 0.4) is 0 Å². The van der Waals surface area contributed by atoms with E-state index in [4.69, 9.17) is 0 Å². The number of nitrogens with zero attached hydrogens (tertiary/aromatic N) is 3. The van der Waals surface area contributed by atoms with E-state index < -0.39 is 0 Å². The summed E-state index contributed by atoms with van der Waals surface area (Å²) in [5.74, 6) is -0.110. The summed E-state index contributed by atoms with van der Waals surface area (Å²) < 4.78 is 1.66. The highest BCUT2D eigenvalue weighted by Gasteiger charge is 2.08. The Kier molecular flexibility index (Phi) is 3.47. The summed E-state index contributed by atoms with van der Waals surface area (Å²) in [7, 11) is 0. The van der Waals surface area contributed by atoms with E-state index in [-0.39, 0.29) is 5.91 Å². The van der Waals surface area contributed by atoms with Gasteiger partial charge >= 0.3 is 0 Å². The topological polar surface area (TPSA) is 59.8 Å². The molecule has 0 unspecified atom stereocenters. The van der Waals surface area contributed by atoms with Gasteiger partial charge < -0.3 is 5.32 Å². The molecule has 0 atom stereocenters. The third-order valence-electron chi connectivity index (χ3n) is 3.20. The molecule has 0 bridgehead atoms. The number of rotatable bonds is 3. The van der Waals surface area contributed by atoms with Crippen molar-refractivity contribution < 1.29 is 4.79 Å². The van der Waals surface area contributed by atoms with Crippen molar-refractivity contribution in [1.82, 2.24) is 14.8 Å². The quantitative estimate of drug-likeness (QED) is 0.801. The van der Waals surface area contributed by atoms with Gasteiger partial charge in [0.2, 0.25) is 0 Å². The maximum absolute atomic E-state index is 12.2. The molecule has 0 spiro atoms. The SMILES string of the molecule is Cc1ccccc1C(=O)Nc1ccc(-n2cncn2)cc1. The van der Waals surface area contributed by atoms with Gasteiger partial charge in [-0.05, 0) is 42.8 Å². The van der Waals surface area contributed by atoms with Crippen molar-refractivity contribution in [2.45, 2.75) is 6.92 Å². The Bertz CT molecular complexity index is 748. The van der Waals surface area contributed by atoms with Gasteiger partial charge in [0.25, 0.3) is 5.91 Å². The van der Waals surface area contributed by atoms with Gasteiger partial charge in [0.15, 0.2) is 0 Å². The first-order valence-corrected chi connectivity index (χ1v) is 6.56. The monoisotopic (exact) mass is 278 g/mol. The summed E-state index contributed by atoms with van der Waals surface area (Å²) in [6.07, 6.45) is 3.11. The van der Waals surface area contributed by atoms with Gasteiger partial charge in [-0.15, -0.1) is 0 Å². The van der Waals surface area contributed by atoms with Crippen molar-refractivity contribution in [3.8, 4) is 5.69 Å². The number of carbonyl (C=O) groups excluding carboxylic acids is 1. The Morgan fingerprint density at radius 1 is 1.10 bits per heavy atom. The van der Waals surface area contributed by atoms with Gasteiger partial charge in [0.1, 0.15) is 12.7 Å². The summed E-state index contributed by atoms with van der Waals surface area (Å²) in [4.78, 5) is 16.1. The first kappa shape index (κ1) is 13.1. The molecule has 0 saturated carbocycles. The fraction of sp³-hybridized carbons (Fsp3) is 0.0625. The van der Waals surface area contributed by atoms with Crippen LogP contribution in [0.15, 0.2) is 61.2 Å². The Morgan fingerprint density at radius 2 is 1.86 bits per heavy atom. The molecule has 1 amide bonds. The fourth-order valence-electron chi connectivity index (χ4n) is 2.07. The highest BCUT2D eigenvalue weighted by Crippen LogP contribution is 2.14. The molecule has 0 fully saturated rings. The van der Waals surface area contributed by atoms with Crippen molar-refractivity contribution in [2.24, 2.45) is 0 Å². The van der Waals surface area contributed by atoms with E-state index in [0.29, 0.717) is 5.56 Å². The molecular formula is C16H14N4O. The lowest BCUT2D eigenvalue weighted by Crippen LogP contribution is -2.13. The van der Waals surface area contributed by atoms with Gasteiger partial charge in [0.05, 0.1) is 5.69 Å². The Balaban J connectivity index is 1.77. The summed E-state index contributed by atoms with van der Waals surface area (Å²) in [6.45, 7) is 1.92. The van der Waals surface area contributed by atoms with Gasteiger partial charge in [-0.25, -0.2) is 9.67 Å². The van der Waals surface area contributed by atoms with Crippen LogP contribution in [-0.2, 0) is 0 Å². The molecule has 0 aliphatic carbocycles. The van der Waals surface area contributed by atoms with Crippen LogP contribution in [0.1, 0.15) is 15.9 Å². The van der Waals surface area contributed by atoms with Crippen LogP contribution in [0, 0.1) is 6.92 Å². The first-order valence-electron chi connectivity index (χ1n) is 6.56. The largest absolute Gasteiger partial charge is 0.322 e. The zero-order valence-corrected chi connectivity index (χ0v) is 11.5. The lowest BCUT2D eigenvalue weighted by atomic mass is 10.1. The lowest BCUT2D eigenvalue weighted by molar-refractivity contribution is 0.102. The molecule has 1 heterocycles. The average molecular weight is 278 g/mol. The van der Waals surface area contributed by atoms with E-state index in [2.05, 4.69) is 15.4 Å². The Labute approximate surface area is 122 Å². The van der Waals surface area contributed by atoms with Crippen LogP contribution in [0.2, 0.25) is 0 Å². The van der Waals surface area contributed by atoms with Crippen LogP contribution < -0.4 is 5.32 Å². The zero-order valence-electron chi connectivity index (χ0n) is 11.5. The maximum atomic E-state index is 12.2. The van der Waals surface area contributed by atoms with Crippen LogP contribution >= 0.6 is 0 Å². The first-order chi connectivity index (χ1) is 10.2. The Hall–Kier alpha value is -2.95. The number of aromatic nitrogens is 3. The molecule has 3 aromatic rings. The minimum atomic E-state index is -0.110. The van der Waals surface area contributed by atoms with Crippen molar-refractivity contribution >= 4 is 11.6 Å². The Morgan fingerprint density at radius 3 is 2.52 bits per heavy atom. The van der Waals surface area contributed by atoms with E-state index in [1.165, 1.54) is 6.33 Å². The number of benzene rings is 2. The number of carbonyl (C=O) groups is 1. The molecule has 0 saturated heterocycles. The predicted octanol–water partition coefficient (Wildman–Crippen LogP) is 2.83. The van der Waals surface area contributed by atoms with Crippen molar-refractivity contribution in [3.63, 3.8) is 0 Å². The number of amides is 1. The van der Waals surface area contributed by atoms with E-state index in [1.54, 1.807) is 11.0 Å². The number of nitrogens with one attached hydrogen (secondary N) is 1. The second kappa shape index (κ2) is 5.58. The molecule has 0 radical (unpaired) electrons. The normalized spacial score (nSPS) is 10.3.